The fourth-order valence-corrected chi connectivity index (χ4v) is 4.36. The van der Waals surface area contributed by atoms with Gasteiger partial charge in [-0.25, -0.2) is 0 Å². The number of fused-ring (bicyclic) bond motifs is 1. The van der Waals surface area contributed by atoms with Crippen LogP contribution in [-0.2, 0) is 16.1 Å². The monoisotopic (exact) mass is 497 g/mol. The van der Waals surface area contributed by atoms with Gasteiger partial charge in [0.15, 0.2) is 4.80 Å². The summed E-state index contributed by atoms with van der Waals surface area (Å²) in [6, 6.07) is 9.08. The highest BCUT2D eigenvalue weighted by atomic mass is 79.9. The van der Waals surface area contributed by atoms with Gasteiger partial charge in [0.25, 0.3) is 11.6 Å². The Balaban J connectivity index is 2.17. The lowest BCUT2D eigenvalue weighted by atomic mass is 10.2. The van der Waals surface area contributed by atoms with Gasteiger partial charge in [0.2, 0.25) is 0 Å². The molecule has 1 heterocycles. The number of benzene rings is 2. The fourth-order valence-electron chi connectivity index (χ4n) is 2.61. The van der Waals surface area contributed by atoms with E-state index in [1.807, 2.05) is 6.07 Å². The topological polar surface area (TPSA) is 104 Å². The molecule has 29 heavy (non-hydrogen) atoms. The molecule has 0 unspecified atom stereocenters. The first-order valence-electron chi connectivity index (χ1n) is 8.27. The summed E-state index contributed by atoms with van der Waals surface area (Å²) in [5.74, 6) is -1.32. The molecule has 3 aromatic rings. The molecule has 150 valence electrons. The summed E-state index contributed by atoms with van der Waals surface area (Å²) in [6.45, 7) is 1.75. The fraction of sp³-hybridized carbons (Fsp3) is 0.167. The van der Waals surface area contributed by atoms with Crippen LogP contribution in [0.25, 0.3) is 10.2 Å². The average molecular weight is 499 g/mol. The number of amides is 1. The van der Waals surface area contributed by atoms with Gasteiger partial charge in [0.1, 0.15) is 12.1 Å². The molecule has 2 aromatic carbocycles. The van der Waals surface area contributed by atoms with Crippen molar-refractivity contribution in [2.45, 2.75) is 13.5 Å². The van der Waals surface area contributed by atoms with E-state index in [2.05, 4.69) is 20.9 Å². The van der Waals surface area contributed by atoms with Crippen molar-refractivity contribution in [3.05, 3.63) is 66.4 Å². The summed E-state index contributed by atoms with van der Waals surface area (Å²) >= 11 is 10.5. The maximum Gasteiger partial charge on any atom is 0.326 e. The van der Waals surface area contributed by atoms with E-state index in [0.29, 0.717) is 5.52 Å². The van der Waals surface area contributed by atoms with Crippen molar-refractivity contribution in [1.82, 2.24) is 4.57 Å². The quantitative estimate of drug-likeness (QED) is 0.296. The number of hydrogen-bond acceptors (Lipinski definition) is 6. The van der Waals surface area contributed by atoms with E-state index in [4.69, 9.17) is 16.3 Å². The van der Waals surface area contributed by atoms with Gasteiger partial charge in [0, 0.05) is 15.6 Å². The van der Waals surface area contributed by atoms with Crippen LogP contribution in [0.1, 0.15) is 17.3 Å². The molecular formula is C18H13BrClN3O5S. The van der Waals surface area contributed by atoms with Crippen molar-refractivity contribution in [1.29, 1.82) is 0 Å². The van der Waals surface area contributed by atoms with Gasteiger partial charge < -0.3 is 9.30 Å². The minimum Gasteiger partial charge on any atom is -0.465 e. The molecule has 1 aromatic heterocycles. The minimum atomic E-state index is -0.831. The van der Waals surface area contributed by atoms with Crippen LogP contribution < -0.4 is 4.80 Å². The molecule has 0 radical (unpaired) electrons. The molecule has 8 nitrogen and oxygen atoms in total. The standard InChI is InChI=1S/C18H13BrClN3O5S/c1-2-28-16(24)9-22-14-5-3-10(19)7-15(14)29-18(22)21-17(25)12-8-11(20)4-6-13(12)23(26)27/h3-8H,2,9H2,1H3. The van der Waals surface area contributed by atoms with Gasteiger partial charge in [-0.05, 0) is 37.3 Å². The number of hydrogen-bond donors (Lipinski definition) is 0. The number of nitro groups is 1. The normalized spacial score (nSPS) is 11.6. The van der Waals surface area contributed by atoms with E-state index in [1.54, 1.807) is 23.6 Å². The molecule has 0 saturated heterocycles. The lowest BCUT2D eigenvalue weighted by Gasteiger charge is -2.05. The van der Waals surface area contributed by atoms with Gasteiger partial charge in [-0.15, -0.1) is 0 Å². The van der Waals surface area contributed by atoms with Crippen molar-refractivity contribution in [2.24, 2.45) is 4.99 Å². The Hall–Kier alpha value is -2.56. The summed E-state index contributed by atoms with van der Waals surface area (Å²) in [5.41, 5.74) is 0.0474. The highest BCUT2D eigenvalue weighted by Gasteiger charge is 2.21. The van der Waals surface area contributed by atoms with Crippen LogP contribution in [0.4, 0.5) is 5.69 Å². The van der Waals surface area contributed by atoms with Gasteiger partial charge in [-0.3, -0.25) is 19.7 Å². The maximum absolute atomic E-state index is 12.7. The summed E-state index contributed by atoms with van der Waals surface area (Å²) in [6.07, 6.45) is 0. The van der Waals surface area contributed by atoms with Crippen LogP contribution in [0.5, 0.6) is 0 Å². The van der Waals surface area contributed by atoms with Crippen LogP contribution in [0.15, 0.2) is 45.9 Å². The second-order valence-electron chi connectivity index (χ2n) is 5.72. The number of carbonyl (C=O) groups excluding carboxylic acids is 2. The zero-order valence-corrected chi connectivity index (χ0v) is 18.1. The zero-order valence-electron chi connectivity index (χ0n) is 14.9. The number of nitrogens with zero attached hydrogens (tertiary/aromatic N) is 3. The predicted octanol–water partition coefficient (Wildman–Crippen LogP) is 4.33. The molecule has 0 aliphatic rings. The first-order valence-corrected chi connectivity index (χ1v) is 10.3. The lowest BCUT2D eigenvalue weighted by molar-refractivity contribution is -0.385. The molecule has 0 atom stereocenters. The van der Waals surface area contributed by atoms with E-state index in [-0.39, 0.29) is 28.5 Å². The first kappa shape index (κ1) is 21.2. The first-order chi connectivity index (χ1) is 13.8. The largest absolute Gasteiger partial charge is 0.465 e. The van der Waals surface area contributed by atoms with Crippen LogP contribution in [0.3, 0.4) is 0 Å². The van der Waals surface area contributed by atoms with Crippen molar-refractivity contribution in [3.8, 4) is 0 Å². The Bertz CT molecular complexity index is 1200. The second kappa shape index (κ2) is 8.85. The summed E-state index contributed by atoms with van der Waals surface area (Å²) in [4.78, 5) is 39.6. The second-order valence-corrected chi connectivity index (χ2v) is 8.08. The minimum absolute atomic E-state index is 0.154. The molecular weight excluding hydrogens is 486 g/mol. The predicted molar refractivity (Wildman–Crippen MR) is 112 cm³/mol. The highest BCUT2D eigenvalue weighted by Crippen LogP contribution is 2.25. The Labute approximate surface area is 181 Å². The van der Waals surface area contributed by atoms with Gasteiger partial charge in [-0.1, -0.05) is 38.9 Å². The number of carbonyl (C=O) groups is 2. The highest BCUT2D eigenvalue weighted by molar-refractivity contribution is 9.10. The number of rotatable bonds is 5. The molecule has 0 N–H and O–H groups in total. The van der Waals surface area contributed by atoms with Gasteiger partial charge in [-0.2, -0.15) is 4.99 Å². The van der Waals surface area contributed by atoms with Gasteiger partial charge >= 0.3 is 5.97 Å². The molecule has 0 bridgehead atoms. The molecule has 1 amide bonds. The number of halogens is 2. The number of thiazole rings is 1. The maximum atomic E-state index is 12.7. The molecule has 0 fully saturated rings. The number of aromatic nitrogens is 1. The van der Waals surface area contributed by atoms with Crippen molar-refractivity contribution in [3.63, 3.8) is 0 Å². The molecule has 0 aliphatic carbocycles. The van der Waals surface area contributed by atoms with E-state index in [0.717, 1.165) is 15.2 Å². The zero-order chi connectivity index (χ0) is 21.1. The Morgan fingerprint density at radius 2 is 2.07 bits per heavy atom. The Kier molecular flexibility index (Phi) is 6.46. The summed E-state index contributed by atoms with van der Waals surface area (Å²) in [7, 11) is 0. The van der Waals surface area contributed by atoms with Crippen LogP contribution in [-0.4, -0.2) is 28.0 Å². The van der Waals surface area contributed by atoms with Gasteiger partial charge in [0.05, 0.1) is 21.7 Å². The SMILES string of the molecule is CCOC(=O)Cn1c(=NC(=O)c2cc(Cl)ccc2[N+](=O)[O-])sc2cc(Br)ccc21. The Morgan fingerprint density at radius 1 is 1.31 bits per heavy atom. The molecule has 3 rings (SSSR count). The number of nitro benzene ring substituents is 1. The number of ether oxygens (including phenoxy) is 1. The van der Waals surface area contributed by atoms with Crippen molar-refractivity contribution < 1.29 is 19.2 Å². The lowest BCUT2D eigenvalue weighted by Crippen LogP contribution is -2.23. The summed E-state index contributed by atoms with van der Waals surface area (Å²) < 4.78 is 8.13. The molecule has 0 spiro atoms. The van der Waals surface area contributed by atoms with E-state index in [9.17, 15) is 19.7 Å². The van der Waals surface area contributed by atoms with Crippen molar-refractivity contribution >= 4 is 66.6 Å². The van der Waals surface area contributed by atoms with E-state index in [1.165, 1.54) is 23.5 Å². The molecule has 11 heteroatoms. The average Bonchev–Trinajstić information content (AvgIpc) is 2.97. The number of esters is 1. The third-order valence-electron chi connectivity index (χ3n) is 3.82. The smallest absolute Gasteiger partial charge is 0.326 e. The van der Waals surface area contributed by atoms with Crippen LogP contribution in [0.2, 0.25) is 5.02 Å². The van der Waals surface area contributed by atoms with Crippen LogP contribution in [0, 0.1) is 10.1 Å². The van der Waals surface area contributed by atoms with Crippen LogP contribution >= 0.6 is 38.9 Å². The Morgan fingerprint density at radius 3 is 2.76 bits per heavy atom. The van der Waals surface area contributed by atoms with Crippen molar-refractivity contribution in [2.75, 3.05) is 6.61 Å². The third kappa shape index (κ3) is 4.72. The summed E-state index contributed by atoms with van der Waals surface area (Å²) in [5, 5.41) is 11.4. The van der Waals surface area contributed by atoms with E-state index < -0.39 is 22.5 Å². The molecule has 0 saturated carbocycles. The molecule has 0 aliphatic heterocycles. The van der Waals surface area contributed by atoms with E-state index >= 15 is 0 Å². The third-order valence-corrected chi connectivity index (χ3v) is 5.59.